The van der Waals surface area contributed by atoms with E-state index >= 15 is 0 Å². The smallest absolute Gasteiger partial charge is 0.118 e. The Kier molecular flexibility index (Phi) is 5.33. The van der Waals surface area contributed by atoms with E-state index in [-0.39, 0.29) is 0 Å². The molecule has 0 aromatic rings. The fourth-order valence-corrected chi connectivity index (χ4v) is 2.17. The van der Waals surface area contributed by atoms with Crippen LogP contribution in [0.15, 0.2) is 37.1 Å². The van der Waals surface area contributed by atoms with Crippen LogP contribution in [-0.4, -0.2) is 24.8 Å². The van der Waals surface area contributed by atoms with Crippen molar-refractivity contribution < 1.29 is 4.74 Å². The van der Waals surface area contributed by atoms with E-state index in [9.17, 15) is 0 Å². The van der Waals surface area contributed by atoms with E-state index < -0.39 is 0 Å². The van der Waals surface area contributed by atoms with Gasteiger partial charge in [0.1, 0.15) is 6.73 Å². The van der Waals surface area contributed by atoms with Gasteiger partial charge in [-0.25, -0.2) is 0 Å². The van der Waals surface area contributed by atoms with Gasteiger partial charge in [0.05, 0.1) is 6.04 Å². The Bertz CT molecular complexity index is 268. The maximum atomic E-state index is 5.20. The molecule has 2 heteroatoms. The Morgan fingerprint density at radius 3 is 2.62 bits per heavy atom. The van der Waals surface area contributed by atoms with Gasteiger partial charge in [-0.3, -0.25) is 0 Å². The standard InChI is InChI=1S/C14H23NO/c1-5-15(11-16-4)14-9-7-6-8-13(14)10-12(2)3/h5-9,12-14H,1,10-11H2,2-4H3. The predicted molar refractivity (Wildman–Crippen MR) is 68.9 cm³/mol. The highest BCUT2D eigenvalue weighted by Crippen LogP contribution is 2.25. The van der Waals surface area contributed by atoms with E-state index in [4.69, 9.17) is 4.74 Å². The van der Waals surface area contributed by atoms with Gasteiger partial charge in [-0.05, 0) is 18.5 Å². The molecule has 0 aliphatic heterocycles. The molecule has 90 valence electrons. The number of hydrogen-bond donors (Lipinski definition) is 0. The van der Waals surface area contributed by atoms with Gasteiger partial charge >= 0.3 is 0 Å². The quantitative estimate of drug-likeness (QED) is 0.639. The molecule has 0 N–H and O–H groups in total. The lowest BCUT2D eigenvalue weighted by molar-refractivity contribution is 0.0673. The van der Waals surface area contributed by atoms with Crippen molar-refractivity contribution in [2.75, 3.05) is 13.8 Å². The fourth-order valence-electron chi connectivity index (χ4n) is 2.17. The summed E-state index contributed by atoms with van der Waals surface area (Å²) < 4.78 is 5.20. The van der Waals surface area contributed by atoms with Crippen LogP contribution >= 0.6 is 0 Å². The Morgan fingerprint density at radius 1 is 1.38 bits per heavy atom. The molecule has 2 atom stereocenters. The van der Waals surface area contributed by atoms with Gasteiger partial charge in [-0.1, -0.05) is 44.7 Å². The third-order valence-corrected chi connectivity index (χ3v) is 2.86. The third-order valence-electron chi connectivity index (χ3n) is 2.86. The summed E-state index contributed by atoms with van der Waals surface area (Å²) in [6.45, 7) is 8.98. The molecule has 0 amide bonds. The minimum Gasteiger partial charge on any atom is -0.364 e. The van der Waals surface area contributed by atoms with Crippen LogP contribution in [-0.2, 0) is 4.74 Å². The minimum absolute atomic E-state index is 0.379. The first-order valence-corrected chi connectivity index (χ1v) is 5.91. The van der Waals surface area contributed by atoms with Gasteiger partial charge in [-0.15, -0.1) is 0 Å². The number of rotatable bonds is 6. The van der Waals surface area contributed by atoms with E-state index in [1.807, 2.05) is 6.20 Å². The predicted octanol–water partition coefficient (Wildman–Crippen LogP) is 3.19. The summed E-state index contributed by atoms with van der Waals surface area (Å²) in [6, 6.07) is 0.379. The number of ether oxygens (including phenoxy) is 1. The molecule has 0 radical (unpaired) electrons. The molecular formula is C14H23NO. The average Bonchev–Trinajstić information content (AvgIpc) is 2.26. The number of nitrogens with zero attached hydrogens (tertiary/aromatic N) is 1. The van der Waals surface area contributed by atoms with Gasteiger partial charge in [0.25, 0.3) is 0 Å². The second-order valence-electron chi connectivity index (χ2n) is 4.67. The van der Waals surface area contributed by atoms with Crippen LogP contribution in [0.25, 0.3) is 0 Å². The molecule has 1 rings (SSSR count). The highest BCUT2D eigenvalue weighted by atomic mass is 16.5. The van der Waals surface area contributed by atoms with Crippen molar-refractivity contribution in [1.82, 2.24) is 4.90 Å². The zero-order valence-electron chi connectivity index (χ0n) is 10.6. The van der Waals surface area contributed by atoms with Crippen LogP contribution < -0.4 is 0 Å². The van der Waals surface area contributed by atoms with Gasteiger partial charge in [0, 0.05) is 13.0 Å². The van der Waals surface area contributed by atoms with Crippen LogP contribution in [0.1, 0.15) is 20.3 Å². The lowest BCUT2D eigenvalue weighted by atomic mass is 9.87. The zero-order chi connectivity index (χ0) is 12.0. The first kappa shape index (κ1) is 13.0. The van der Waals surface area contributed by atoms with Crippen LogP contribution in [0.2, 0.25) is 0 Å². The third kappa shape index (κ3) is 3.53. The molecule has 0 aromatic heterocycles. The number of methoxy groups -OCH3 is 1. The molecule has 0 fully saturated rings. The van der Waals surface area contributed by atoms with Gasteiger partial charge in [0.2, 0.25) is 0 Å². The number of hydrogen-bond acceptors (Lipinski definition) is 2. The average molecular weight is 221 g/mol. The summed E-state index contributed by atoms with van der Waals surface area (Å²) in [7, 11) is 1.72. The van der Waals surface area contributed by atoms with E-state index in [0.29, 0.717) is 24.6 Å². The van der Waals surface area contributed by atoms with E-state index in [0.717, 1.165) is 0 Å². The van der Waals surface area contributed by atoms with E-state index in [2.05, 4.69) is 49.6 Å². The lowest BCUT2D eigenvalue weighted by Crippen LogP contribution is -2.37. The second kappa shape index (κ2) is 6.54. The van der Waals surface area contributed by atoms with Crippen molar-refractivity contribution in [3.63, 3.8) is 0 Å². The van der Waals surface area contributed by atoms with E-state index in [1.165, 1.54) is 6.42 Å². The van der Waals surface area contributed by atoms with Crippen molar-refractivity contribution in [2.24, 2.45) is 11.8 Å². The molecule has 1 aliphatic rings. The molecule has 2 nitrogen and oxygen atoms in total. The van der Waals surface area contributed by atoms with Gasteiger partial charge < -0.3 is 9.64 Å². The molecule has 0 saturated heterocycles. The summed E-state index contributed by atoms with van der Waals surface area (Å²) in [4.78, 5) is 2.15. The van der Waals surface area contributed by atoms with Crippen molar-refractivity contribution >= 4 is 0 Å². The molecule has 16 heavy (non-hydrogen) atoms. The van der Waals surface area contributed by atoms with Crippen molar-refractivity contribution in [1.29, 1.82) is 0 Å². The highest BCUT2D eigenvalue weighted by Gasteiger charge is 2.23. The maximum absolute atomic E-state index is 5.20. The first-order chi connectivity index (χ1) is 7.69. The Labute approximate surface area is 99.3 Å². The molecule has 0 aromatic carbocycles. The molecular weight excluding hydrogens is 198 g/mol. The first-order valence-electron chi connectivity index (χ1n) is 5.91. The van der Waals surface area contributed by atoms with Gasteiger partial charge in [-0.2, -0.15) is 0 Å². The van der Waals surface area contributed by atoms with Crippen LogP contribution in [0.4, 0.5) is 0 Å². The normalized spacial score (nSPS) is 23.8. The van der Waals surface area contributed by atoms with Crippen molar-refractivity contribution in [2.45, 2.75) is 26.3 Å². The second-order valence-corrected chi connectivity index (χ2v) is 4.67. The Balaban J connectivity index is 2.70. The SMILES string of the molecule is C=CN(COC)C1C=CC=CC1CC(C)C. The molecule has 2 unspecified atom stereocenters. The summed E-state index contributed by atoms with van der Waals surface area (Å²) in [6.07, 6.45) is 11.8. The topological polar surface area (TPSA) is 12.5 Å². The largest absolute Gasteiger partial charge is 0.364 e. The molecule has 0 heterocycles. The maximum Gasteiger partial charge on any atom is 0.118 e. The molecule has 0 spiro atoms. The van der Waals surface area contributed by atoms with Gasteiger partial charge in [0.15, 0.2) is 0 Å². The Hall–Kier alpha value is -1.02. The van der Waals surface area contributed by atoms with Crippen molar-refractivity contribution in [3.05, 3.63) is 37.1 Å². The van der Waals surface area contributed by atoms with E-state index in [1.54, 1.807) is 7.11 Å². The summed E-state index contributed by atoms with van der Waals surface area (Å²) in [5.41, 5.74) is 0. The highest BCUT2D eigenvalue weighted by molar-refractivity contribution is 5.18. The fraction of sp³-hybridized carbons (Fsp3) is 0.571. The zero-order valence-corrected chi connectivity index (χ0v) is 10.6. The Morgan fingerprint density at radius 2 is 2.06 bits per heavy atom. The monoisotopic (exact) mass is 221 g/mol. The van der Waals surface area contributed by atoms with Crippen LogP contribution in [0, 0.1) is 11.8 Å². The molecule has 1 aliphatic carbocycles. The summed E-state index contributed by atoms with van der Waals surface area (Å²) in [5, 5.41) is 0. The van der Waals surface area contributed by atoms with Crippen molar-refractivity contribution in [3.8, 4) is 0 Å². The molecule has 0 saturated carbocycles. The molecule has 0 bridgehead atoms. The summed E-state index contributed by atoms with van der Waals surface area (Å²) >= 11 is 0. The number of allylic oxidation sites excluding steroid dienone is 2. The summed E-state index contributed by atoms with van der Waals surface area (Å²) in [5.74, 6) is 1.26. The minimum atomic E-state index is 0.379. The lowest BCUT2D eigenvalue weighted by Gasteiger charge is -2.34. The van der Waals surface area contributed by atoms with Crippen LogP contribution in [0.5, 0.6) is 0 Å². The van der Waals surface area contributed by atoms with Crippen LogP contribution in [0.3, 0.4) is 0 Å².